The number of nitrogens with one attached hydrogen (secondary N) is 2. The second kappa shape index (κ2) is 7.87. The minimum Gasteiger partial charge on any atom is -0.383 e. The smallest absolute Gasteiger partial charge is 0.261 e. The lowest BCUT2D eigenvalue weighted by molar-refractivity contribution is 0.0940. The van der Waals surface area contributed by atoms with Crippen LogP contribution < -0.4 is 10.6 Å². The quantitative estimate of drug-likeness (QED) is 0.743. The molecular weight excluding hydrogens is 328 g/mol. The van der Waals surface area contributed by atoms with E-state index in [0.717, 1.165) is 47.6 Å². The Labute approximate surface area is 144 Å². The first-order valence-corrected chi connectivity index (χ1v) is 8.89. The van der Waals surface area contributed by atoms with Crippen LogP contribution >= 0.6 is 11.3 Å². The Morgan fingerprint density at radius 1 is 1.50 bits per heavy atom. The molecule has 7 nitrogen and oxygen atoms in total. The zero-order valence-corrected chi connectivity index (χ0v) is 14.7. The molecule has 3 heterocycles. The van der Waals surface area contributed by atoms with E-state index in [4.69, 9.17) is 9.47 Å². The normalized spacial score (nSPS) is 17.3. The van der Waals surface area contributed by atoms with Crippen LogP contribution in [-0.4, -0.2) is 55.4 Å². The summed E-state index contributed by atoms with van der Waals surface area (Å²) in [5.41, 5.74) is 0.903. The molecule has 2 N–H and O–H groups in total. The topological polar surface area (TPSA) is 85.4 Å². The number of ether oxygens (including phenoxy) is 2. The Hall–Kier alpha value is -1.77. The van der Waals surface area contributed by atoms with Gasteiger partial charge in [0.2, 0.25) is 0 Å². The highest BCUT2D eigenvalue weighted by atomic mass is 32.1. The van der Waals surface area contributed by atoms with E-state index in [0.29, 0.717) is 18.0 Å². The summed E-state index contributed by atoms with van der Waals surface area (Å²) in [7, 11) is 1.61. The number of carbonyl (C=O) groups is 1. The molecule has 0 aromatic carbocycles. The molecule has 0 unspecified atom stereocenters. The zero-order chi connectivity index (χ0) is 16.9. The predicted octanol–water partition coefficient (Wildman–Crippen LogP) is 1.97. The molecule has 1 saturated heterocycles. The third kappa shape index (κ3) is 3.66. The summed E-state index contributed by atoms with van der Waals surface area (Å²) < 4.78 is 10.6. The molecule has 0 radical (unpaired) electrons. The second-order valence-corrected chi connectivity index (χ2v) is 6.72. The first-order chi connectivity index (χ1) is 11.7. The lowest BCUT2D eigenvalue weighted by Gasteiger charge is -2.12. The lowest BCUT2D eigenvalue weighted by Crippen LogP contribution is -2.26. The number of aryl methyl sites for hydroxylation is 1. The number of methoxy groups -OCH3 is 1. The molecule has 1 fully saturated rings. The standard InChI is InChI=1S/C16H22N4O3S/c1-10-12-14(18-8-11-4-3-6-23-11)19-9-20-16(12)24-13(10)15(21)17-5-7-22-2/h9,11H,3-8H2,1-2H3,(H,17,21)(H,18,19,20)/t11-/m0/s1. The van der Waals surface area contributed by atoms with E-state index in [-0.39, 0.29) is 12.0 Å². The molecule has 2 aromatic heterocycles. The van der Waals surface area contributed by atoms with Crippen molar-refractivity contribution in [2.24, 2.45) is 0 Å². The Morgan fingerprint density at radius 2 is 2.38 bits per heavy atom. The van der Waals surface area contributed by atoms with Crippen LogP contribution in [0.1, 0.15) is 28.1 Å². The van der Waals surface area contributed by atoms with E-state index in [1.807, 2.05) is 6.92 Å². The minimum atomic E-state index is -0.0994. The number of thiophene rings is 1. The van der Waals surface area contributed by atoms with Gasteiger partial charge in [-0.1, -0.05) is 0 Å². The van der Waals surface area contributed by atoms with Crippen molar-refractivity contribution in [3.8, 4) is 0 Å². The van der Waals surface area contributed by atoms with Crippen molar-refractivity contribution in [1.29, 1.82) is 0 Å². The molecule has 2 aromatic rings. The van der Waals surface area contributed by atoms with Gasteiger partial charge >= 0.3 is 0 Å². The van der Waals surface area contributed by atoms with Gasteiger partial charge in [-0.15, -0.1) is 11.3 Å². The van der Waals surface area contributed by atoms with Crippen molar-refractivity contribution >= 4 is 33.3 Å². The second-order valence-electron chi connectivity index (χ2n) is 5.72. The number of rotatable bonds is 7. The first kappa shape index (κ1) is 17.1. The molecular formula is C16H22N4O3S. The average Bonchev–Trinajstić information content (AvgIpc) is 3.21. The van der Waals surface area contributed by atoms with Crippen LogP contribution in [0.25, 0.3) is 10.2 Å². The number of hydrogen-bond acceptors (Lipinski definition) is 7. The molecule has 24 heavy (non-hydrogen) atoms. The van der Waals surface area contributed by atoms with E-state index >= 15 is 0 Å². The van der Waals surface area contributed by atoms with Gasteiger partial charge in [-0.3, -0.25) is 4.79 Å². The van der Waals surface area contributed by atoms with Gasteiger partial charge in [-0.05, 0) is 25.3 Å². The number of aromatic nitrogens is 2. The monoisotopic (exact) mass is 350 g/mol. The van der Waals surface area contributed by atoms with Crippen molar-refractivity contribution in [3.05, 3.63) is 16.8 Å². The highest BCUT2D eigenvalue weighted by Crippen LogP contribution is 2.33. The molecule has 130 valence electrons. The highest BCUT2D eigenvalue weighted by Gasteiger charge is 2.20. The van der Waals surface area contributed by atoms with E-state index in [9.17, 15) is 4.79 Å². The number of nitrogens with zero attached hydrogens (tertiary/aromatic N) is 2. The molecule has 1 atom stereocenters. The maximum atomic E-state index is 12.3. The molecule has 0 saturated carbocycles. The van der Waals surface area contributed by atoms with E-state index in [2.05, 4.69) is 20.6 Å². The molecule has 0 spiro atoms. The Bertz CT molecular complexity index is 713. The van der Waals surface area contributed by atoms with Crippen LogP contribution in [0.3, 0.4) is 0 Å². The zero-order valence-electron chi connectivity index (χ0n) is 13.9. The van der Waals surface area contributed by atoms with Crippen LogP contribution in [0.4, 0.5) is 5.82 Å². The Kier molecular flexibility index (Phi) is 5.60. The van der Waals surface area contributed by atoms with Gasteiger partial charge in [0.15, 0.2) is 0 Å². The Balaban J connectivity index is 1.79. The Morgan fingerprint density at radius 3 is 3.12 bits per heavy atom. The van der Waals surface area contributed by atoms with Gasteiger partial charge in [0.1, 0.15) is 17.0 Å². The van der Waals surface area contributed by atoms with Crippen molar-refractivity contribution < 1.29 is 14.3 Å². The van der Waals surface area contributed by atoms with Gasteiger partial charge in [0.25, 0.3) is 5.91 Å². The minimum absolute atomic E-state index is 0.0994. The van der Waals surface area contributed by atoms with Crippen molar-refractivity contribution in [2.45, 2.75) is 25.9 Å². The summed E-state index contributed by atoms with van der Waals surface area (Å²) in [5.74, 6) is 0.665. The average molecular weight is 350 g/mol. The number of carbonyl (C=O) groups excluding carboxylic acids is 1. The molecule has 1 aliphatic rings. The fraction of sp³-hybridized carbons (Fsp3) is 0.562. The van der Waals surface area contributed by atoms with E-state index in [1.165, 1.54) is 17.7 Å². The van der Waals surface area contributed by atoms with E-state index < -0.39 is 0 Å². The third-order valence-electron chi connectivity index (χ3n) is 4.05. The van der Waals surface area contributed by atoms with Gasteiger partial charge in [-0.25, -0.2) is 9.97 Å². The summed E-state index contributed by atoms with van der Waals surface area (Å²) in [6, 6.07) is 0. The van der Waals surface area contributed by atoms with Gasteiger partial charge in [0.05, 0.1) is 23.0 Å². The summed E-state index contributed by atoms with van der Waals surface area (Å²) >= 11 is 1.39. The third-order valence-corrected chi connectivity index (χ3v) is 5.24. The van der Waals surface area contributed by atoms with Crippen LogP contribution in [0.15, 0.2) is 6.33 Å². The molecule has 0 aliphatic carbocycles. The lowest BCUT2D eigenvalue weighted by atomic mass is 10.2. The fourth-order valence-electron chi connectivity index (χ4n) is 2.78. The van der Waals surface area contributed by atoms with Gasteiger partial charge in [0, 0.05) is 26.8 Å². The maximum Gasteiger partial charge on any atom is 0.261 e. The summed E-state index contributed by atoms with van der Waals surface area (Å²) in [4.78, 5) is 22.5. The summed E-state index contributed by atoms with van der Waals surface area (Å²) in [6.07, 6.45) is 3.93. The van der Waals surface area contributed by atoms with Crippen LogP contribution in [0.5, 0.6) is 0 Å². The fourth-order valence-corrected chi connectivity index (χ4v) is 3.85. The van der Waals surface area contributed by atoms with Crippen molar-refractivity contribution in [3.63, 3.8) is 0 Å². The number of fused-ring (bicyclic) bond motifs is 1. The largest absolute Gasteiger partial charge is 0.383 e. The van der Waals surface area contributed by atoms with Crippen LogP contribution in [-0.2, 0) is 9.47 Å². The number of anilines is 1. The maximum absolute atomic E-state index is 12.3. The molecule has 0 bridgehead atoms. The van der Waals surface area contributed by atoms with Crippen LogP contribution in [0.2, 0.25) is 0 Å². The SMILES string of the molecule is COCCNC(=O)c1sc2ncnc(NC[C@@H]3CCCO3)c2c1C. The predicted molar refractivity (Wildman–Crippen MR) is 93.8 cm³/mol. The molecule has 1 amide bonds. The molecule has 3 rings (SSSR count). The number of hydrogen-bond donors (Lipinski definition) is 2. The van der Waals surface area contributed by atoms with E-state index in [1.54, 1.807) is 7.11 Å². The van der Waals surface area contributed by atoms with Gasteiger partial charge in [-0.2, -0.15) is 0 Å². The van der Waals surface area contributed by atoms with Crippen molar-refractivity contribution in [1.82, 2.24) is 15.3 Å². The first-order valence-electron chi connectivity index (χ1n) is 8.07. The van der Waals surface area contributed by atoms with Crippen LogP contribution in [0, 0.1) is 6.92 Å². The summed E-state index contributed by atoms with van der Waals surface area (Å²) in [5, 5.41) is 7.12. The molecule has 8 heteroatoms. The highest BCUT2D eigenvalue weighted by molar-refractivity contribution is 7.20. The van der Waals surface area contributed by atoms with Crippen molar-refractivity contribution in [2.75, 3.05) is 38.7 Å². The van der Waals surface area contributed by atoms with Gasteiger partial charge < -0.3 is 20.1 Å². The number of amides is 1. The summed E-state index contributed by atoms with van der Waals surface area (Å²) in [6.45, 7) is 4.46. The molecule has 1 aliphatic heterocycles.